The van der Waals surface area contributed by atoms with Gasteiger partial charge in [-0.3, -0.25) is 0 Å². The maximum Gasteiger partial charge on any atom is 0.285 e. The highest BCUT2D eigenvalue weighted by Crippen LogP contribution is 2.28. The largest absolute Gasteiger partial charge is 0.855 e. The third kappa shape index (κ3) is 4.12. The summed E-state index contributed by atoms with van der Waals surface area (Å²) in [5.41, 5.74) is 1.37. The Balaban J connectivity index is 2.00. The van der Waals surface area contributed by atoms with E-state index in [1.165, 1.54) is 18.2 Å². The van der Waals surface area contributed by atoms with Gasteiger partial charge in [0.1, 0.15) is 22.0 Å². The van der Waals surface area contributed by atoms with Crippen LogP contribution in [0.4, 0.5) is 5.69 Å². The van der Waals surface area contributed by atoms with Crippen molar-refractivity contribution in [1.82, 2.24) is 0 Å². The van der Waals surface area contributed by atoms with Crippen molar-refractivity contribution in [2.24, 2.45) is 4.40 Å². The van der Waals surface area contributed by atoms with Crippen molar-refractivity contribution < 1.29 is 22.7 Å². The molecule has 0 spiro atoms. The van der Waals surface area contributed by atoms with Gasteiger partial charge in [0.2, 0.25) is 0 Å². The molecular formula is C20H21N2O5S-. The number of furan rings is 1. The molecule has 3 rings (SSSR count). The van der Waals surface area contributed by atoms with E-state index in [1.54, 1.807) is 38.1 Å². The van der Waals surface area contributed by atoms with Crippen molar-refractivity contribution in [2.45, 2.75) is 24.8 Å². The molecule has 148 valence electrons. The van der Waals surface area contributed by atoms with E-state index in [0.717, 1.165) is 5.69 Å². The summed E-state index contributed by atoms with van der Waals surface area (Å²) >= 11 is 0. The minimum Gasteiger partial charge on any atom is -0.855 e. The van der Waals surface area contributed by atoms with E-state index in [4.69, 9.17) is 9.15 Å². The molecule has 8 heteroatoms. The van der Waals surface area contributed by atoms with E-state index in [0.29, 0.717) is 11.0 Å². The zero-order valence-corrected chi connectivity index (χ0v) is 16.9. The van der Waals surface area contributed by atoms with Gasteiger partial charge < -0.3 is 19.2 Å². The van der Waals surface area contributed by atoms with Gasteiger partial charge in [0.25, 0.3) is 10.0 Å². The van der Waals surface area contributed by atoms with Crippen LogP contribution in [0.25, 0.3) is 11.0 Å². The fourth-order valence-electron chi connectivity index (χ4n) is 2.62. The van der Waals surface area contributed by atoms with Crippen LogP contribution in [-0.2, 0) is 10.0 Å². The van der Waals surface area contributed by atoms with Gasteiger partial charge in [0.15, 0.2) is 0 Å². The molecule has 0 unspecified atom stereocenters. The van der Waals surface area contributed by atoms with Crippen LogP contribution in [0.1, 0.15) is 19.6 Å². The average Bonchev–Trinajstić information content (AvgIpc) is 3.04. The highest BCUT2D eigenvalue weighted by Gasteiger charge is 2.19. The Hall–Kier alpha value is -3.00. The van der Waals surface area contributed by atoms with Crippen LogP contribution in [0.5, 0.6) is 5.75 Å². The molecule has 0 aliphatic heterocycles. The standard InChI is InChI=1S/C20H22N2O5S/c1-13(2)26-16-7-5-6-8-19(16)28(24,25)21-20(23)18-11-14-9-10-15(22(3)4)12-17(14)27-18/h5-13H,1-4H3,(H,21,23)/p-1. The lowest BCUT2D eigenvalue weighted by Gasteiger charge is -2.14. The van der Waals surface area contributed by atoms with Gasteiger partial charge in [0.05, 0.1) is 6.10 Å². The number of sulfonamides is 1. The molecule has 0 N–H and O–H groups in total. The zero-order valence-electron chi connectivity index (χ0n) is 16.0. The predicted molar refractivity (Wildman–Crippen MR) is 106 cm³/mol. The second-order valence-electron chi connectivity index (χ2n) is 6.71. The summed E-state index contributed by atoms with van der Waals surface area (Å²) in [5, 5.41) is 13.2. The van der Waals surface area contributed by atoms with E-state index in [2.05, 4.69) is 4.40 Å². The minimum atomic E-state index is -4.26. The highest BCUT2D eigenvalue weighted by atomic mass is 32.2. The van der Waals surface area contributed by atoms with Crippen molar-refractivity contribution in [3.8, 4) is 5.75 Å². The molecule has 0 saturated heterocycles. The van der Waals surface area contributed by atoms with Crippen molar-refractivity contribution >= 4 is 32.6 Å². The lowest BCUT2D eigenvalue weighted by molar-refractivity contribution is -0.214. The summed E-state index contributed by atoms with van der Waals surface area (Å²) in [5.74, 6) is -0.965. The fraction of sp³-hybridized carbons (Fsp3) is 0.250. The Morgan fingerprint density at radius 2 is 1.86 bits per heavy atom. The second kappa shape index (κ2) is 7.55. The molecule has 0 radical (unpaired) electrons. The molecular weight excluding hydrogens is 380 g/mol. The van der Waals surface area contributed by atoms with Crippen molar-refractivity contribution in [3.63, 3.8) is 0 Å². The summed E-state index contributed by atoms with van der Waals surface area (Å²) in [6, 6.07) is 13.0. The highest BCUT2D eigenvalue weighted by molar-refractivity contribution is 7.90. The molecule has 0 fully saturated rings. The smallest absolute Gasteiger partial charge is 0.285 e. The molecule has 1 heterocycles. The molecule has 0 aliphatic rings. The molecule has 0 aliphatic carbocycles. The Morgan fingerprint density at radius 1 is 1.14 bits per heavy atom. The van der Waals surface area contributed by atoms with Gasteiger partial charge in [-0.05, 0) is 44.2 Å². The van der Waals surface area contributed by atoms with Crippen molar-refractivity contribution in [2.75, 3.05) is 19.0 Å². The van der Waals surface area contributed by atoms with Gasteiger partial charge in [-0.15, -0.1) is 0 Å². The maximum absolute atomic E-state index is 12.7. The third-order valence-electron chi connectivity index (χ3n) is 3.92. The number of ether oxygens (including phenoxy) is 1. The van der Waals surface area contributed by atoms with Crippen LogP contribution in [-0.4, -0.2) is 34.5 Å². The number of anilines is 1. The first kappa shape index (κ1) is 19.8. The van der Waals surface area contributed by atoms with Crippen molar-refractivity contribution in [1.29, 1.82) is 0 Å². The SMILES string of the molecule is CC(C)Oc1ccccc1S(=O)(=O)/N=C(\[O-])c1cc2ccc(N(C)C)cc2o1. The Morgan fingerprint density at radius 3 is 2.54 bits per heavy atom. The summed E-state index contributed by atoms with van der Waals surface area (Å²) in [4.78, 5) is 1.73. The molecule has 0 saturated carbocycles. The van der Waals surface area contributed by atoms with E-state index in [1.807, 2.05) is 25.1 Å². The lowest BCUT2D eigenvalue weighted by Crippen LogP contribution is -2.20. The number of hydrogen-bond donors (Lipinski definition) is 0. The van der Waals surface area contributed by atoms with Crippen molar-refractivity contribution in [3.05, 3.63) is 54.3 Å². The third-order valence-corrected chi connectivity index (χ3v) is 5.22. The summed E-state index contributed by atoms with van der Waals surface area (Å²) in [6.45, 7) is 3.56. The van der Waals surface area contributed by atoms with E-state index in [9.17, 15) is 13.5 Å². The van der Waals surface area contributed by atoms with E-state index < -0.39 is 15.9 Å². The Kier molecular flexibility index (Phi) is 5.33. The molecule has 7 nitrogen and oxygen atoms in total. The zero-order chi connectivity index (χ0) is 20.5. The maximum atomic E-state index is 12.7. The topological polar surface area (TPSA) is 95.2 Å². The van der Waals surface area contributed by atoms with Gasteiger partial charge in [0, 0.05) is 37.1 Å². The van der Waals surface area contributed by atoms with Gasteiger partial charge in [-0.2, -0.15) is 12.8 Å². The van der Waals surface area contributed by atoms with Crippen LogP contribution in [0.15, 0.2) is 62.2 Å². The molecule has 3 aromatic rings. The monoisotopic (exact) mass is 401 g/mol. The molecule has 28 heavy (non-hydrogen) atoms. The second-order valence-corrected chi connectivity index (χ2v) is 8.28. The van der Waals surface area contributed by atoms with Crippen LogP contribution >= 0.6 is 0 Å². The minimum absolute atomic E-state index is 0.142. The van der Waals surface area contributed by atoms with Gasteiger partial charge in [-0.25, -0.2) is 0 Å². The number of nitrogens with zero attached hydrogens (tertiary/aromatic N) is 2. The van der Waals surface area contributed by atoms with E-state index in [-0.39, 0.29) is 22.5 Å². The molecule has 0 atom stereocenters. The number of rotatable bonds is 6. The number of fused-ring (bicyclic) bond motifs is 1. The normalized spacial score (nSPS) is 12.5. The average molecular weight is 401 g/mol. The first-order chi connectivity index (χ1) is 13.2. The lowest BCUT2D eigenvalue weighted by atomic mass is 10.2. The fourth-order valence-corrected chi connectivity index (χ4v) is 3.65. The number of para-hydroxylation sites is 1. The van der Waals surface area contributed by atoms with Crippen LogP contribution in [0.2, 0.25) is 0 Å². The molecule has 0 amide bonds. The van der Waals surface area contributed by atoms with Crippen LogP contribution < -0.4 is 14.7 Å². The predicted octanol–water partition coefficient (Wildman–Crippen LogP) is 2.78. The van der Waals surface area contributed by atoms with Crippen LogP contribution in [0.3, 0.4) is 0 Å². The number of benzene rings is 2. The first-order valence-electron chi connectivity index (χ1n) is 8.66. The molecule has 2 aromatic carbocycles. The van der Waals surface area contributed by atoms with Gasteiger partial charge in [-0.1, -0.05) is 12.1 Å². The van der Waals surface area contributed by atoms with Gasteiger partial charge >= 0.3 is 0 Å². The summed E-state index contributed by atoms with van der Waals surface area (Å²) < 4.78 is 39.8. The summed E-state index contributed by atoms with van der Waals surface area (Å²) in [6.07, 6.45) is -0.228. The first-order valence-corrected chi connectivity index (χ1v) is 10.1. The molecule has 1 aromatic heterocycles. The summed E-state index contributed by atoms with van der Waals surface area (Å²) in [7, 11) is -0.493. The quantitative estimate of drug-likeness (QED) is 0.466. The van der Waals surface area contributed by atoms with E-state index >= 15 is 0 Å². The van der Waals surface area contributed by atoms with Crippen LogP contribution in [0, 0.1) is 0 Å². The Labute approximate surface area is 163 Å². The molecule has 0 bridgehead atoms. The Bertz CT molecular complexity index is 1130. The number of hydrogen-bond acceptors (Lipinski definition) is 6.